The summed E-state index contributed by atoms with van der Waals surface area (Å²) in [5.74, 6) is 1.44. The maximum absolute atomic E-state index is 12.6. The van der Waals surface area contributed by atoms with Crippen LogP contribution in [-0.4, -0.2) is 24.7 Å². The third kappa shape index (κ3) is 8.04. The Bertz CT molecular complexity index is 1580. The number of halogens is 2. The Morgan fingerprint density at radius 3 is 2.36 bits per heavy atom. The number of carbonyl (C=O) groups is 2. The number of hydrogen-bond acceptors (Lipinski definition) is 7. The van der Waals surface area contributed by atoms with Gasteiger partial charge < -0.3 is 24.3 Å². The lowest BCUT2D eigenvalue weighted by molar-refractivity contribution is -0.149. The largest absolute Gasteiger partial charge is 0.483 e. The van der Waals surface area contributed by atoms with Crippen molar-refractivity contribution >= 4 is 35.3 Å². The van der Waals surface area contributed by atoms with Crippen LogP contribution >= 0.6 is 23.2 Å². The molecule has 1 aliphatic carbocycles. The van der Waals surface area contributed by atoms with Gasteiger partial charge in [0.15, 0.2) is 11.5 Å². The third-order valence-electron chi connectivity index (χ3n) is 7.42. The van der Waals surface area contributed by atoms with Gasteiger partial charge in [-0.05, 0) is 61.6 Å². The maximum Gasteiger partial charge on any atom is 0.412 e. The second kappa shape index (κ2) is 13.6. The number of esters is 1. The van der Waals surface area contributed by atoms with E-state index in [1.807, 2.05) is 76.2 Å². The minimum atomic E-state index is -1.03. The van der Waals surface area contributed by atoms with Crippen LogP contribution in [0.5, 0.6) is 23.0 Å². The van der Waals surface area contributed by atoms with Gasteiger partial charge in [-0.2, -0.15) is 5.26 Å². The van der Waals surface area contributed by atoms with Crippen molar-refractivity contribution < 1.29 is 28.5 Å². The minimum Gasteiger partial charge on any atom is -0.483 e. The van der Waals surface area contributed by atoms with Gasteiger partial charge >= 0.3 is 12.1 Å². The van der Waals surface area contributed by atoms with Gasteiger partial charge in [-0.1, -0.05) is 79.5 Å². The maximum atomic E-state index is 12.6. The number of nitrogens with zero attached hydrogens (tertiary/aromatic N) is 1. The van der Waals surface area contributed by atoms with E-state index in [-0.39, 0.29) is 27.3 Å². The normalized spacial score (nSPS) is 18.9. The number of rotatable bonds is 7. The van der Waals surface area contributed by atoms with Crippen LogP contribution in [-0.2, 0) is 16.0 Å². The molecule has 0 bridgehead atoms. The van der Waals surface area contributed by atoms with Crippen molar-refractivity contribution in [3.05, 3.63) is 94.5 Å². The molecule has 0 aromatic heterocycles. The van der Waals surface area contributed by atoms with E-state index in [0.29, 0.717) is 28.6 Å². The van der Waals surface area contributed by atoms with Crippen molar-refractivity contribution in [3.63, 3.8) is 0 Å². The van der Waals surface area contributed by atoms with Crippen LogP contribution in [0, 0.1) is 28.6 Å². The van der Waals surface area contributed by atoms with Gasteiger partial charge in [-0.25, -0.2) is 4.79 Å². The fourth-order valence-corrected chi connectivity index (χ4v) is 5.39. The van der Waals surface area contributed by atoms with Crippen LogP contribution < -0.4 is 19.5 Å². The van der Waals surface area contributed by atoms with E-state index in [0.717, 1.165) is 12.0 Å². The molecule has 1 fully saturated rings. The van der Waals surface area contributed by atoms with Gasteiger partial charge in [0.1, 0.15) is 27.7 Å². The third-order valence-corrected chi connectivity index (χ3v) is 7.67. The van der Waals surface area contributed by atoms with E-state index in [2.05, 4.69) is 5.32 Å². The molecule has 3 atom stereocenters. The lowest BCUT2D eigenvalue weighted by Gasteiger charge is -2.17. The summed E-state index contributed by atoms with van der Waals surface area (Å²) >= 11 is 11.5. The number of hydrogen-bond donors (Lipinski definition) is 1. The SMILES string of the molecule is CC1(C)C(C=C(Cl)Cl)C1C(=O)O[C@H](C#N)c1cccc(Oc2ccccc2)c1.CNC(=O)Oc1cccc2c1OC(C)(C)C2. The predicted molar refractivity (Wildman–Crippen MR) is 168 cm³/mol. The molecule has 8 nitrogen and oxygen atoms in total. The summed E-state index contributed by atoms with van der Waals surface area (Å²) in [6, 6.07) is 23.9. The number of allylic oxidation sites excluding steroid dienone is 1. The van der Waals surface area contributed by atoms with Crippen molar-refractivity contribution in [2.24, 2.45) is 17.3 Å². The molecule has 0 saturated heterocycles. The van der Waals surface area contributed by atoms with Crippen molar-refractivity contribution in [1.29, 1.82) is 5.26 Å². The van der Waals surface area contributed by atoms with E-state index in [4.69, 9.17) is 42.1 Å². The molecule has 10 heteroatoms. The fraction of sp³-hybridized carbons (Fsp3) is 0.324. The molecule has 2 aliphatic rings. The number of nitriles is 1. The van der Waals surface area contributed by atoms with Gasteiger partial charge in [-0.3, -0.25) is 4.79 Å². The first-order chi connectivity index (χ1) is 20.8. The zero-order valence-electron chi connectivity index (χ0n) is 25.1. The molecule has 3 aromatic carbocycles. The molecule has 1 amide bonds. The van der Waals surface area contributed by atoms with Gasteiger partial charge in [-0.15, -0.1) is 0 Å². The summed E-state index contributed by atoms with van der Waals surface area (Å²) < 4.78 is 22.3. The van der Waals surface area contributed by atoms with Crippen LogP contribution in [0.2, 0.25) is 0 Å². The average molecular weight is 638 g/mol. The van der Waals surface area contributed by atoms with E-state index in [1.165, 1.54) is 7.05 Å². The number of benzene rings is 3. The van der Waals surface area contributed by atoms with Crippen LogP contribution in [0.4, 0.5) is 4.79 Å². The topological polar surface area (TPSA) is 107 Å². The summed E-state index contributed by atoms with van der Waals surface area (Å²) in [6.45, 7) is 7.90. The lowest BCUT2D eigenvalue weighted by Crippen LogP contribution is -2.25. The van der Waals surface area contributed by atoms with E-state index in [9.17, 15) is 14.9 Å². The number of nitrogens with one attached hydrogen (secondary N) is 1. The number of carbonyl (C=O) groups excluding carboxylic acids is 2. The average Bonchev–Trinajstić information content (AvgIpc) is 3.34. The zero-order chi connectivity index (χ0) is 32.1. The minimum absolute atomic E-state index is 0.114. The van der Waals surface area contributed by atoms with Crippen LogP contribution in [0.1, 0.15) is 44.9 Å². The highest BCUT2D eigenvalue weighted by atomic mass is 35.5. The Kier molecular flexibility index (Phi) is 10.1. The predicted octanol–water partition coefficient (Wildman–Crippen LogP) is 8.30. The molecule has 5 rings (SSSR count). The first kappa shape index (κ1) is 32.7. The highest BCUT2D eigenvalue weighted by Crippen LogP contribution is 2.60. The molecule has 1 heterocycles. The van der Waals surface area contributed by atoms with Gasteiger partial charge in [0.25, 0.3) is 0 Å². The molecule has 2 unspecified atom stereocenters. The van der Waals surface area contributed by atoms with Crippen molar-refractivity contribution in [2.45, 2.75) is 45.8 Å². The van der Waals surface area contributed by atoms with Crippen LogP contribution in [0.3, 0.4) is 0 Å². The number of amides is 1. The molecule has 1 N–H and O–H groups in total. The molecule has 3 aromatic rings. The second-order valence-electron chi connectivity index (χ2n) is 11.6. The van der Waals surface area contributed by atoms with Crippen LogP contribution in [0.25, 0.3) is 0 Å². The highest BCUT2D eigenvalue weighted by Gasteiger charge is 2.62. The summed E-state index contributed by atoms with van der Waals surface area (Å²) in [4.78, 5) is 23.8. The standard InChI is InChI=1S/C22H19Cl2NO3.C12H15NO3/c1-22(2)17(12-19(23)24)20(22)21(26)28-18(13-25)14-7-6-10-16(11-14)27-15-8-4-3-5-9-15;1-12(2)7-8-5-4-6-9(10(8)16-12)15-11(14)13-3/h3-12,17-18,20H,1-2H3;4-6H,7H2,1-3H3,(H,13,14)/t17?,18-,20?;/m1./s1. The second-order valence-corrected chi connectivity index (χ2v) is 12.6. The van der Waals surface area contributed by atoms with Crippen molar-refractivity contribution in [1.82, 2.24) is 5.32 Å². The molecule has 0 radical (unpaired) electrons. The zero-order valence-corrected chi connectivity index (χ0v) is 26.6. The van der Waals surface area contributed by atoms with E-state index >= 15 is 0 Å². The first-order valence-electron chi connectivity index (χ1n) is 14.0. The number of ether oxygens (including phenoxy) is 4. The van der Waals surface area contributed by atoms with Crippen molar-refractivity contribution in [2.75, 3.05) is 7.05 Å². The molecular weight excluding hydrogens is 603 g/mol. The molecular formula is C34H34Cl2N2O6. The first-order valence-corrected chi connectivity index (χ1v) is 14.8. The Morgan fingerprint density at radius 1 is 1.02 bits per heavy atom. The van der Waals surface area contributed by atoms with Gasteiger partial charge in [0, 0.05) is 24.6 Å². The van der Waals surface area contributed by atoms with E-state index in [1.54, 1.807) is 36.4 Å². The summed E-state index contributed by atoms with van der Waals surface area (Å²) in [5.41, 5.74) is 1.08. The highest BCUT2D eigenvalue weighted by molar-refractivity contribution is 6.55. The summed E-state index contributed by atoms with van der Waals surface area (Å²) in [6.07, 6.45) is 0.957. The summed E-state index contributed by atoms with van der Waals surface area (Å²) in [5, 5.41) is 11.9. The molecule has 44 heavy (non-hydrogen) atoms. The Morgan fingerprint density at radius 2 is 1.70 bits per heavy atom. The van der Waals surface area contributed by atoms with E-state index < -0.39 is 18.2 Å². The molecule has 230 valence electrons. The number of fused-ring (bicyclic) bond motifs is 1. The Hall–Kier alpha value is -4.19. The molecule has 1 saturated carbocycles. The molecule has 1 aliphatic heterocycles. The Labute approximate surface area is 267 Å². The van der Waals surface area contributed by atoms with Crippen LogP contribution in [0.15, 0.2) is 83.4 Å². The summed E-state index contributed by atoms with van der Waals surface area (Å²) in [7, 11) is 1.52. The fourth-order valence-electron chi connectivity index (χ4n) is 5.12. The van der Waals surface area contributed by atoms with Crippen molar-refractivity contribution in [3.8, 4) is 29.1 Å². The quantitative estimate of drug-likeness (QED) is 0.260. The Balaban J connectivity index is 0.000000233. The smallest absolute Gasteiger partial charge is 0.412 e. The lowest BCUT2D eigenvalue weighted by atomic mass is 10.0. The van der Waals surface area contributed by atoms with Gasteiger partial charge in [0.05, 0.1) is 5.92 Å². The monoisotopic (exact) mass is 636 g/mol. The number of para-hydroxylation sites is 2. The molecule has 0 spiro atoms. The van der Waals surface area contributed by atoms with Gasteiger partial charge in [0.2, 0.25) is 6.10 Å².